The van der Waals surface area contributed by atoms with Crippen molar-refractivity contribution in [2.45, 2.75) is 55.8 Å². The number of carbonyl (C=O) groups excluding carboxylic acids is 1. The predicted molar refractivity (Wildman–Crippen MR) is 134 cm³/mol. The first-order valence-electron chi connectivity index (χ1n) is 12.6. The molecule has 1 aliphatic carbocycles. The molecule has 4 atom stereocenters. The first-order chi connectivity index (χ1) is 17.7. The Labute approximate surface area is 216 Å². The van der Waals surface area contributed by atoms with E-state index in [1.165, 1.54) is 19.2 Å². The van der Waals surface area contributed by atoms with Gasteiger partial charge in [-0.1, -0.05) is 13.0 Å². The second-order valence-electron chi connectivity index (χ2n) is 9.83. The van der Waals surface area contributed by atoms with Crippen LogP contribution in [0.15, 0.2) is 35.2 Å². The molecule has 0 bridgehead atoms. The molecule has 2 heterocycles. The fourth-order valence-corrected chi connectivity index (χ4v) is 6.83. The molecule has 2 aromatic carbocycles. The Balaban J connectivity index is 1.42. The lowest BCUT2D eigenvalue weighted by atomic mass is 10.0. The highest BCUT2D eigenvalue weighted by molar-refractivity contribution is 7.92. The van der Waals surface area contributed by atoms with Gasteiger partial charge in [-0.05, 0) is 73.7 Å². The topological polar surface area (TPSA) is 117 Å². The van der Waals surface area contributed by atoms with Crippen LogP contribution in [-0.2, 0) is 21.3 Å². The lowest BCUT2D eigenvalue weighted by molar-refractivity contribution is 0.0478. The molecule has 3 N–H and O–H groups in total. The number of fused-ring (bicyclic) bond motifs is 3. The number of nitrogens with zero attached hydrogens (tertiary/aromatic N) is 1. The van der Waals surface area contributed by atoms with Gasteiger partial charge in [0.2, 0.25) is 0 Å². The molecule has 2 aliphatic heterocycles. The number of rotatable bonds is 9. The summed E-state index contributed by atoms with van der Waals surface area (Å²) in [5.41, 5.74) is 1.07. The number of anilines is 1. The molecule has 9 nitrogen and oxygen atoms in total. The van der Waals surface area contributed by atoms with Gasteiger partial charge in [0.15, 0.2) is 0 Å². The number of esters is 1. The van der Waals surface area contributed by atoms with Crippen molar-refractivity contribution in [3.8, 4) is 5.75 Å². The number of likely N-dealkylation sites (N-methyl/N-ethyl adjacent to an activating group) is 1. The largest absolute Gasteiger partial charge is 0.492 e. The number of sulfonamides is 1. The third kappa shape index (κ3) is 5.05. The van der Waals surface area contributed by atoms with E-state index in [0.29, 0.717) is 24.2 Å². The molecular weight excluding hydrogens is 501 g/mol. The lowest BCUT2D eigenvalue weighted by Gasteiger charge is -2.28. The molecule has 2 aromatic rings. The van der Waals surface area contributed by atoms with Crippen LogP contribution in [0.4, 0.5) is 10.1 Å². The minimum Gasteiger partial charge on any atom is -0.492 e. The Morgan fingerprint density at radius 2 is 2.14 bits per heavy atom. The van der Waals surface area contributed by atoms with E-state index < -0.39 is 28.0 Å². The molecule has 3 aliphatic rings. The number of hydrogen-bond donors (Lipinski definition) is 3. The van der Waals surface area contributed by atoms with Crippen molar-refractivity contribution < 1.29 is 32.2 Å². The van der Waals surface area contributed by atoms with Gasteiger partial charge in [0, 0.05) is 18.5 Å². The zero-order valence-electron chi connectivity index (χ0n) is 20.9. The van der Waals surface area contributed by atoms with Gasteiger partial charge in [0.25, 0.3) is 10.0 Å². The number of aliphatic hydroxyl groups excluding tert-OH is 1. The van der Waals surface area contributed by atoms with Crippen molar-refractivity contribution in [1.29, 1.82) is 0 Å². The summed E-state index contributed by atoms with van der Waals surface area (Å²) in [7, 11) is -3.02. The van der Waals surface area contributed by atoms with E-state index in [1.54, 1.807) is 6.07 Å². The SMILES string of the molecule is CCN1CCC[C@@H]1C(O)NCc1cc(F)ccc1S(=O)(=O)Nc1ccc2c(c1C(=O)OC)OCC1CC21. The lowest BCUT2D eigenvalue weighted by Crippen LogP contribution is -2.46. The fourth-order valence-electron chi connectivity index (χ4n) is 5.54. The molecule has 0 radical (unpaired) electrons. The predicted octanol–water partition coefficient (Wildman–Crippen LogP) is 2.80. The first-order valence-corrected chi connectivity index (χ1v) is 14.1. The number of likely N-dealkylation sites (tertiary alicyclic amines) is 1. The molecular formula is C26H32FN3O6S. The highest BCUT2D eigenvalue weighted by atomic mass is 32.2. The molecule has 0 amide bonds. The van der Waals surface area contributed by atoms with Gasteiger partial charge < -0.3 is 14.6 Å². The highest BCUT2D eigenvalue weighted by Gasteiger charge is 2.45. The van der Waals surface area contributed by atoms with E-state index in [9.17, 15) is 22.7 Å². The van der Waals surface area contributed by atoms with E-state index in [4.69, 9.17) is 9.47 Å². The van der Waals surface area contributed by atoms with Crippen molar-refractivity contribution in [2.75, 3.05) is 31.5 Å². The molecule has 0 spiro atoms. The zero-order valence-corrected chi connectivity index (χ0v) is 21.7. The van der Waals surface area contributed by atoms with Crippen molar-refractivity contribution in [2.24, 2.45) is 5.92 Å². The Morgan fingerprint density at radius 3 is 2.89 bits per heavy atom. The van der Waals surface area contributed by atoms with Crippen LogP contribution in [0, 0.1) is 11.7 Å². The number of hydrogen-bond acceptors (Lipinski definition) is 8. The summed E-state index contributed by atoms with van der Waals surface area (Å²) in [5, 5.41) is 13.7. The molecule has 5 rings (SSSR count). The summed E-state index contributed by atoms with van der Waals surface area (Å²) < 4.78 is 54.4. The van der Waals surface area contributed by atoms with Gasteiger partial charge in [0.05, 0.1) is 24.3 Å². The third-order valence-electron chi connectivity index (χ3n) is 7.58. The second kappa shape index (κ2) is 10.2. The standard InChI is InChI=1S/C26H32FN3O6S/c1-3-30-10-4-5-21(30)25(31)28-13-15-11-17(27)6-9-22(15)37(33,34)29-20-8-7-18-19-12-16(19)14-36-24(18)23(20)26(32)35-2/h6-9,11,16,19,21,25,28-29,31H,3-5,10,12-14H2,1-2H3/t16?,19?,21-,25?/m1/s1. The molecule has 0 aromatic heterocycles. The zero-order chi connectivity index (χ0) is 26.3. The molecule has 11 heteroatoms. The molecule has 200 valence electrons. The van der Waals surface area contributed by atoms with Gasteiger partial charge in [-0.15, -0.1) is 0 Å². The Morgan fingerprint density at radius 1 is 1.32 bits per heavy atom. The quantitative estimate of drug-likeness (QED) is 0.333. The molecule has 3 unspecified atom stereocenters. The second-order valence-corrected chi connectivity index (χ2v) is 11.5. The number of halogens is 1. The van der Waals surface area contributed by atoms with E-state index >= 15 is 0 Å². The van der Waals surface area contributed by atoms with Crippen molar-refractivity contribution in [1.82, 2.24) is 10.2 Å². The number of ether oxygens (including phenoxy) is 2. The average molecular weight is 534 g/mol. The van der Waals surface area contributed by atoms with Crippen molar-refractivity contribution in [3.63, 3.8) is 0 Å². The summed E-state index contributed by atoms with van der Waals surface area (Å²) in [4.78, 5) is 14.7. The number of methoxy groups -OCH3 is 1. The number of benzene rings is 2. The fraction of sp³-hybridized carbons (Fsp3) is 0.500. The maximum atomic E-state index is 14.2. The maximum absolute atomic E-state index is 14.2. The normalized spacial score (nSPS) is 23.5. The molecule has 2 fully saturated rings. The minimum absolute atomic E-state index is 0.0204. The van der Waals surface area contributed by atoms with Crippen LogP contribution < -0.4 is 14.8 Å². The Kier molecular flexibility index (Phi) is 7.14. The minimum atomic E-state index is -4.25. The van der Waals surface area contributed by atoms with E-state index in [1.807, 2.05) is 6.92 Å². The molecule has 1 saturated heterocycles. The van der Waals surface area contributed by atoms with Gasteiger partial charge >= 0.3 is 5.97 Å². The van der Waals surface area contributed by atoms with Gasteiger partial charge in [-0.2, -0.15) is 0 Å². The van der Waals surface area contributed by atoms with E-state index in [2.05, 4.69) is 14.9 Å². The average Bonchev–Trinajstić information content (AvgIpc) is 3.53. The van der Waals surface area contributed by atoms with E-state index in [-0.39, 0.29) is 34.3 Å². The van der Waals surface area contributed by atoms with Crippen LogP contribution in [0.25, 0.3) is 0 Å². The number of nitrogens with one attached hydrogen (secondary N) is 2. The van der Waals surface area contributed by atoms with Crippen LogP contribution in [-0.4, -0.2) is 63.5 Å². The highest BCUT2D eigenvalue weighted by Crippen LogP contribution is 2.55. The van der Waals surface area contributed by atoms with Crippen LogP contribution in [0.3, 0.4) is 0 Å². The maximum Gasteiger partial charge on any atom is 0.343 e. The first kappa shape index (κ1) is 25.9. The van der Waals surface area contributed by atoms with Crippen LogP contribution in [0.5, 0.6) is 5.75 Å². The van der Waals surface area contributed by atoms with Crippen LogP contribution in [0.2, 0.25) is 0 Å². The van der Waals surface area contributed by atoms with Gasteiger partial charge in [0.1, 0.15) is 23.4 Å². The van der Waals surface area contributed by atoms with Gasteiger partial charge in [-0.3, -0.25) is 14.9 Å². The molecule has 1 saturated carbocycles. The van der Waals surface area contributed by atoms with Crippen LogP contribution >= 0.6 is 0 Å². The third-order valence-corrected chi connectivity index (χ3v) is 9.05. The summed E-state index contributed by atoms with van der Waals surface area (Å²) in [6.07, 6.45) is 1.85. The summed E-state index contributed by atoms with van der Waals surface area (Å²) in [5.74, 6) is -0.263. The van der Waals surface area contributed by atoms with Crippen molar-refractivity contribution >= 4 is 21.7 Å². The Bertz CT molecular complexity index is 1300. The number of aliphatic hydroxyl groups is 1. The monoisotopic (exact) mass is 533 g/mol. The molecule has 37 heavy (non-hydrogen) atoms. The number of carbonyl (C=O) groups is 1. The van der Waals surface area contributed by atoms with Crippen LogP contribution in [0.1, 0.15) is 53.6 Å². The van der Waals surface area contributed by atoms with Crippen molar-refractivity contribution in [3.05, 3.63) is 52.8 Å². The van der Waals surface area contributed by atoms with Gasteiger partial charge in [-0.25, -0.2) is 17.6 Å². The summed E-state index contributed by atoms with van der Waals surface area (Å²) in [6.45, 7) is 4.10. The smallest absolute Gasteiger partial charge is 0.343 e. The Hall–Kier alpha value is -2.73. The van der Waals surface area contributed by atoms with E-state index in [0.717, 1.165) is 50.0 Å². The summed E-state index contributed by atoms with van der Waals surface area (Å²) >= 11 is 0. The summed E-state index contributed by atoms with van der Waals surface area (Å²) in [6, 6.07) is 6.59.